The highest BCUT2D eigenvalue weighted by Gasteiger charge is 2.25. The van der Waals surface area contributed by atoms with E-state index in [-0.39, 0.29) is 13.2 Å². The fourth-order valence-electron chi connectivity index (χ4n) is 3.47. The molecule has 0 aliphatic rings. The van der Waals surface area contributed by atoms with Crippen LogP contribution < -0.4 is 9.64 Å². The van der Waals surface area contributed by atoms with Crippen LogP contribution in [0.25, 0.3) is 0 Å². The van der Waals surface area contributed by atoms with Gasteiger partial charge in [-0.1, -0.05) is 12.1 Å². The number of carbonyl (C=O) groups is 1. The van der Waals surface area contributed by atoms with Crippen LogP contribution in [-0.4, -0.2) is 16.7 Å². The van der Waals surface area contributed by atoms with Crippen LogP contribution in [0.4, 0.5) is 10.5 Å². The number of amides is 1. The zero-order valence-corrected chi connectivity index (χ0v) is 20.6. The number of nitriles is 2. The van der Waals surface area contributed by atoms with Gasteiger partial charge < -0.3 is 9.47 Å². The van der Waals surface area contributed by atoms with Crippen molar-refractivity contribution in [2.75, 3.05) is 4.90 Å². The van der Waals surface area contributed by atoms with E-state index < -0.39 is 11.7 Å². The van der Waals surface area contributed by atoms with Crippen molar-refractivity contribution in [1.82, 2.24) is 4.98 Å². The molecule has 7 nitrogen and oxygen atoms in total. The second kappa shape index (κ2) is 10.7. The number of hydrogen-bond donors (Lipinski definition) is 0. The summed E-state index contributed by atoms with van der Waals surface area (Å²) in [7, 11) is 0. The monoisotopic (exact) mass is 468 g/mol. The molecule has 178 valence electrons. The Morgan fingerprint density at radius 2 is 1.71 bits per heavy atom. The van der Waals surface area contributed by atoms with Crippen molar-refractivity contribution in [2.24, 2.45) is 0 Å². The van der Waals surface area contributed by atoms with E-state index in [4.69, 9.17) is 20.0 Å². The van der Waals surface area contributed by atoms with Gasteiger partial charge in [-0.2, -0.15) is 10.5 Å². The zero-order valence-electron chi connectivity index (χ0n) is 20.6. The highest BCUT2D eigenvalue weighted by atomic mass is 16.6. The minimum atomic E-state index is -0.672. The van der Waals surface area contributed by atoms with E-state index in [0.29, 0.717) is 22.6 Å². The molecule has 0 radical (unpaired) electrons. The van der Waals surface area contributed by atoms with Crippen molar-refractivity contribution in [2.45, 2.75) is 53.4 Å². The molecule has 0 saturated heterocycles. The lowest BCUT2D eigenvalue weighted by molar-refractivity contribution is 0.0577. The summed E-state index contributed by atoms with van der Waals surface area (Å²) in [6.45, 7) is 9.73. The summed E-state index contributed by atoms with van der Waals surface area (Å²) in [4.78, 5) is 19.1. The molecule has 1 heterocycles. The van der Waals surface area contributed by atoms with Crippen molar-refractivity contribution in [3.8, 4) is 17.9 Å². The van der Waals surface area contributed by atoms with Crippen LogP contribution in [0, 0.1) is 36.5 Å². The molecule has 0 aliphatic carbocycles. The topological polar surface area (TPSA) is 99.2 Å². The number of rotatable bonds is 6. The molecule has 0 bridgehead atoms. The molecule has 0 spiro atoms. The maximum Gasteiger partial charge on any atom is 0.415 e. The summed E-state index contributed by atoms with van der Waals surface area (Å²) < 4.78 is 11.8. The van der Waals surface area contributed by atoms with Gasteiger partial charge in [0.1, 0.15) is 18.0 Å². The maximum absolute atomic E-state index is 13.1. The molecule has 2 aromatic carbocycles. The smallest absolute Gasteiger partial charge is 0.415 e. The Bertz CT molecular complexity index is 1300. The van der Waals surface area contributed by atoms with Crippen LogP contribution in [-0.2, 0) is 17.9 Å². The normalized spacial score (nSPS) is 10.7. The molecule has 3 aromatic rings. The number of carbonyl (C=O) groups excluding carboxylic acids is 1. The molecule has 0 unspecified atom stereocenters. The third-order valence-electron chi connectivity index (χ3n) is 5.25. The van der Waals surface area contributed by atoms with Gasteiger partial charge in [0.05, 0.1) is 35.5 Å². The standard InChI is InChI=1S/C28H28N4O3/c1-19-24(16-31-20(2)26(19)34-18-23-8-6-7-22(13-23)15-30)17-32(27(33)35-28(3,4)5)25-11-9-21(14-29)10-12-25/h6-13,16H,17-18H2,1-5H3. The molecular weight excluding hydrogens is 440 g/mol. The van der Waals surface area contributed by atoms with Crippen LogP contribution in [0.1, 0.15) is 54.3 Å². The van der Waals surface area contributed by atoms with E-state index in [1.165, 1.54) is 4.90 Å². The van der Waals surface area contributed by atoms with Crippen LogP contribution >= 0.6 is 0 Å². The Hall–Kier alpha value is -4.36. The largest absolute Gasteiger partial charge is 0.487 e. The van der Waals surface area contributed by atoms with Gasteiger partial charge in [-0.15, -0.1) is 0 Å². The van der Waals surface area contributed by atoms with Crippen molar-refractivity contribution in [3.63, 3.8) is 0 Å². The van der Waals surface area contributed by atoms with Crippen LogP contribution in [0.5, 0.6) is 5.75 Å². The molecule has 0 fully saturated rings. The third kappa shape index (κ3) is 6.59. The van der Waals surface area contributed by atoms with Gasteiger partial charge in [-0.25, -0.2) is 4.79 Å². The average Bonchev–Trinajstić information content (AvgIpc) is 2.82. The molecule has 1 amide bonds. The number of benzene rings is 2. The second-order valence-corrected chi connectivity index (χ2v) is 9.15. The first-order chi connectivity index (χ1) is 16.6. The summed E-state index contributed by atoms with van der Waals surface area (Å²) >= 11 is 0. The first kappa shape index (κ1) is 25.3. The number of anilines is 1. The molecule has 0 atom stereocenters. The van der Waals surface area contributed by atoms with Crippen molar-refractivity contribution >= 4 is 11.8 Å². The van der Waals surface area contributed by atoms with Gasteiger partial charge in [-0.3, -0.25) is 9.88 Å². The fourth-order valence-corrected chi connectivity index (χ4v) is 3.47. The van der Waals surface area contributed by atoms with Gasteiger partial charge in [0.25, 0.3) is 0 Å². The number of hydrogen-bond acceptors (Lipinski definition) is 6. The lowest BCUT2D eigenvalue weighted by atomic mass is 10.1. The summed E-state index contributed by atoms with van der Waals surface area (Å²) in [5, 5.41) is 18.3. The molecule has 0 saturated carbocycles. The first-order valence-corrected chi connectivity index (χ1v) is 11.2. The summed E-state index contributed by atoms with van der Waals surface area (Å²) in [6.07, 6.45) is 1.23. The SMILES string of the molecule is Cc1ncc(CN(C(=O)OC(C)(C)C)c2ccc(C#N)cc2)c(C)c1OCc1cccc(C#N)c1. The number of pyridine rings is 1. The van der Waals surface area contributed by atoms with Crippen molar-refractivity contribution < 1.29 is 14.3 Å². The van der Waals surface area contributed by atoms with E-state index in [1.54, 1.807) is 42.6 Å². The lowest BCUT2D eigenvalue weighted by Gasteiger charge is -2.28. The summed E-state index contributed by atoms with van der Waals surface area (Å²) in [6, 6.07) is 18.2. The van der Waals surface area contributed by atoms with Crippen LogP contribution in [0.3, 0.4) is 0 Å². The molecule has 3 rings (SSSR count). The number of ether oxygens (including phenoxy) is 2. The highest BCUT2D eigenvalue weighted by molar-refractivity contribution is 5.88. The number of nitrogens with zero attached hydrogens (tertiary/aromatic N) is 4. The van der Waals surface area contributed by atoms with E-state index in [1.807, 2.05) is 46.8 Å². The minimum absolute atomic E-state index is 0.209. The number of aryl methyl sites for hydroxylation is 1. The zero-order chi connectivity index (χ0) is 25.6. The van der Waals surface area contributed by atoms with E-state index >= 15 is 0 Å². The van der Waals surface area contributed by atoms with Crippen LogP contribution in [0.15, 0.2) is 54.7 Å². The Labute approximate surface area is 206 Å². The van der Waals surface area contributed by atoms with Crippen LogP contribution in [0.2, 0.25) is 0 Å². The third-order valence-corrected chi connectivity index (χ3v) is 5.25. The highest BCUT2D eigenvalue weighted by Crippen LogP contribution is 2.29. The predicted octanol–water partition coefficient (Wildman–Crippen LogP) is 5.96. The van der Waals surface area contributed by atoms with E-state index in [2.05, 4.69) is 17.1 Å². The van der Waals surface area contributed by atoms with E-state index in [9.17, 15) is 4.79 Å². The second-order valence-electron chi connectivity index (χ2n) is 9.15. The average molecular weight is 469 g/mol. The van der Waals surface area contributed by atoms with Gasteiger partial charge in [-0.05, 0) is 87.7 Å². The Morgan fingerprint density at radius 3 is 2.34 bits per heavy atom. The first-order valence-electron chi connectivity index (χ1n) is 11.2. The fraction of sp³-hybridized carbons (Fsp3) is 0.286. The van der Waals surface area contributed by atoms with Gasteiger partial charge >= 0.3 is 6.09 Å². The molecule has 35 heavy (non-hydrogen) atoms. The molecule has 7 heteroatoms. The molecule has 0 aliphatic heterocycles. The summed E-state index contributed by atoms with van der Waals surface area (Å²) in [5.74, 6) is 0.633. The maximum atomic E-state index is 13.1. The van der Waals surface area contributed by atoms with Gasteiger partial charge in [0.2, 0.25) is 0 Å². The quantitative estimate of drug-likeness (QED) is 0.442. The van der Waals surface area contributed by atoms with Gasteiger partial charge in [0.15, 0.2) is 0 Å². The van der Waals surface area contributed by atoms with Gasteiger partial charge in [0, 0.05) is 11.9 Å². The Kier molecular flexibility index (Phi) is 7.73. The molecule has 0 N–H and O–H groups in total. The molecular formula is C28H28N4O3. The Morgan fingerprint density at radius 1 is 1.03 bits per heavy atom. The summed E-state index contributed by atoms with van der Waals surface area (Å²) in [5.41, 5.74) is 4.27. The molecule has 1 aromatic heterocycles. The number of aromatic nitrogens is 1. The predicted molar refractivity (Wildman–Crippen MR) is 133 cm³/mol. The minimum Gasteiger partial charge on any atom is -0.487 e. The lowest BCUT2D eigenvalue weighted by Crippen LogP contribution is -2.36. The van der Waals surface area contributed by atoms with Crippen molar-refractivity contribution in [3.05, 3.63) is 88.2 Å². The Balaban J connectivity index is 1.91. The van der Waals surface area contributed by atoms with E-state index in [0.717, 1.165) is 22.4 Å². The van der Waals surface area contributed by atoms with Crippen molar-refractivity contribution in [1.29, 1.82) is 10.5 Å².